The molecule has 1 aliphatic heterocycles. The highest BCUT2D eigenvalue weighted by atomic mass is 32.2. The summed E-state index contributed by atoms with van der Waals surface area (Å²) in [6, 6.07) is 8.84. The summed E-state index contributed by atoms with van der Waals surface area (Å²) in [5.74, 6) is 0.650. The molecule has 0 aromatic heterocycles. The molecule has 0 bridgehead atoms. The lowest BCUT2D eigenvalue weighted by Crippen LogP contribution is -2.44. The van der Waals surface area contributed by atoms with Gasteiger partial charge in [-0.25, -0.2) is 0 Å². The molecule has 0 unspecified atom stereocenters. The minimum atomic E-state index is -0.0427. The standard InChI is InChI=1S/C23H34N2O2S/c1-15(2)24(21(27)17-7-8-17)13-14-25-20(26)16(3)28-22(25)18-9-11-19(12-10-18)23(4,5)6/h9-12,15-17,22H,7-8,13-14H2,1-6H3/t16-,22-/m1/s1. The number of hydrogen-bond donors (Lipinski definition) is 0. The van der Waals surface area contributed by atoms with E-state index >= 15 is 0 Å². The van der Waals surface area contributed by atoms with E-state index in [4.69, 9.17) is 0 Å². The van der Waals surface area contributed by atoms with Gasteiger partial charge in [0.1, 0.15) is 5.37 Å². The van der Waals surface area contributed by atoms with Gasteiger partial charge in [-0.2, -0.15) is 0 Å². The van der Waals surface area contributed by atoms with Gasteiger partial charge in [0.05, 0.1) is 5.25 Å². The van der Waals surface area contributed by atoms with Gasteiger partial charge in [0.2, 0.25) is 11.8 Å². The molecule has 4 nitrogen and oxygen atoms in total. The average molecular weight is 403 g/mol. The topological polar surface area (TPSA) is 40.6 Å². The fourth-order valence-electron chi connectivity index (χ4n) is 3.71. The van der Waals surface area contributed by atoms with Crippen molar-refractivity contribution in [3.63, 3.8) is 0 Å². The molecule has 1 heterocycles. The number of rotatable bonds is 6. The molecule has 2 amide bonds. The number of hydrogen-bond acceptors (Lipinski definition) is 3. The zero-order valence-electron chi connectivity index (χ0n) is 18.1. The zero-order valence-corrected chi connectivity index (χ0v) is 18.9. The molecular weight excluding hydrogens is 368 g/mol. The molecule has 2 atom stereocenters. The molecule has 28 heavy (non-hydrogen) atoms. The third-order valence-electron chi connectivity index (χ3n) is 5.72. The highest BCUT2D eigenvalue weighted by Gasteiger charge is 2.40. The average Bonchev–Trinajstić information content (AvgIpc) is 3.43. The number of thioether (sulfide) groups is 1. The second-order valence-electron chi connectivity index (χ2n) is 9.43. The molecule has 154 valence electrons. The van der Waals surface area contributed by atoms with Crippen molar-refractivity contribution < 1.29 is 9.59 Å². The van der Waals surface area contributed by atoms with Gasteiger partial charge in [0.15, 0.2) is 0 Å². The van der Waals surface area contributed by atoms with Gasteiger partial charge in [-0.1, -0.05) is 45.0 Å². The van der Waals surface area contributed by atoms with Crippen molar-refractivity contribution in [3.8, 4) is 0 Å². The lowest BCUT2D eigenvalue weighted by Gasteiger charge is -2.31. The predicted molar refractivity (Wildman–Crippen MR) is 116 cm³/mol. The van der Waals surface area contributed by atoms with Gasteiger partial charge in [0.25, 0.3) is 0 Å². The largest absolute Gasteiger partial charge is 0.338 e. The van der Waals surface area contributed by atoms with Crippen LogP contribution in [0.1, 0.15) is 70.9 Å². The van der Waals surface area contributed by atoms with E-state index in [1.165, 1.54) is 11.1 Å². The van der Waals surface area contributed by atoms with Gasteiger partial charge >= 0.3 is 0 Å². The third kappa shape index (κ3) is 4.56. The number of carbonyl (C=O) groups excluding carboxylic acids is 2. The van der Waals surface area contributed by atoms with E-state index in [1.54, 1.807) is 11.8 Å². The fraction of sp³-hybridized carbons (Fsp3) is 0.652. The Morgan fingerprint density at radius 1 is 1.21 bits per heavy atom. The fourth-order valence-corrected chi connectivity index (χ4v) is 5.02. The van der Waals surface area contributed by atoms with Crippen molar-refractivity contribution in [2.75, 3.05) is 13.1 Å². The Hall–Kier alpha value is -1.49. The maximum absolute atomic E-state index is 12.8. The Bertz CT molecular complexity index is 719. The van der Waals surface area contributed by atoms with Crippen LogP contribution in [-0.4, -0.2) is 46.0 Å². The summed E-state index contributed by atoms with van der Waals surface area (Å²) in [4.78, 5) is 29.3. The lowest BCUT2D eigenvalue weighted by atomic mass is 9.86. The van der Waals surface area contributed by atoms with Crippen LogP contribution in [0.15, 0.2) is 24.3 Å². The van der Waals surface area contributed by atoms with Gasteiger partial charge < -0.3 is 9.80 Å². The minimum absolute atomic E-state index is 0.0292. The number of benzene rings is 1. The quantitative estimate of drug-likeness (QED) is 0.698. The highest BCUT2D eigenvalue weighted by molar-refractivity contribution is 8.01. The van der Waals surface area contributed by atoms with Crippen LogP contribution in [0.5, 0.6) is 0 Å². The maximum Gasteiger partial charge on any atom is 0.236 e. The summed E-state index contributed by atoms with van der Waals surface area (Å²) < 4.78 is 0. The molecule has 3 rings (SSSR count). The van der Waals surface area contributed by atoms with Crippen molar-refractivity contribution in [2.24, 2.45) is 5.92 Å². The molecule has 1 aliphatic carbocycles. The number of carbonyl (C=O) groups is 2. The Kier molecular flexibility index (Phi) is 6.14. The molecule has 0 radical (unpaired) electrons. The summed E-state index contributed by atoms with van der Waals surface area (Å²) in [7, 11) is 0. The van der Waals surface area contributed by atoms with Crippen molar-refractivity contribution >= 4 is 23.6 Å². The number of nitrogens with zero attached hydrogens (tertiary/aromatic N) is 2. The predicted octanol–water partition coefficient (Wildman–Crippen LogP) is 4.59. The van der Waals surface area contributed by atoms with Gasteiger partial charge in [-0.3, -0.25) is 9.59 Å². The first-order valence-corrected chi connectivity index (χ1v) is 11.4. The SMILES string of the molecule is CC(C)N(CCN1C(=O)[C@@H](C)S[C@@H]1c1ccc(C(C)(C)C)cc1)C(=O)C1CC1. The van der Waals surface area contributed by atoms with Crippen molar-refractivity contribution in [2.45, 2.75) is 76.5 Å². The molecule has 5 heteroatoms. The second-order valence-corrected chi connectivity index (χ2v) is 10.9. The van der Waals surface area contributed by atoms with Crippen LogP contribution < -0.4 is 0 Å². The number of amides is 2. The van der Waals surface area contributed by atoms with Gasteiger partial charge in [0, 0.05) is 25.0 Å². The van der Waals surface area contributed by atoms with E-state index in [1.807, 2.05) is 16.7 Å². The summed E-state index contributed by atoms with van der Waals surface area (Å²) in [6.45, 7) is 13.9. The smallest absolute Gasteiger partial charge is 0.236 e. The van der Waals surface area contributed by atoms with E-state index in [9.17, 15) is 9.59 Å². The molecule has 1 saturated carbocycles. The molecule has 1 aromatic rings. The first kappa shape index (κ1) is 21.2. The normalized spacial score (nSPS) is 22.8. The van der Waals surface area contributed by atoms with Crippen LogP contribution in [0, 0.1) is 5.92 Å². The Morgan fingerprint density at radius 2 is 1.82 bits per heavy atom. The zero-order chi connectivity index (χ0) is 20.6. The highest BCUT2D eigenvalue weighted by Crippen LogP contribution is 2.43. The first-order chi connectivity index (χ1) is 13.1. The van der Waals surface area contributed by atoms with Crippen LogP contribution in [0.2, 0.25) is 0 Å². The van der Waals surface area contributed by atoms with Crippen molar-refractivity contribution in [1.29, 1.82) is 0 Å². The lowest BCUT2D eigenvalue weighted by molar-refractivity contribution is -0.136. The molecule has 0 N–H and O–H groups in total. The minimum Gasteiger partial charge on any atom is -0.338 e. The summed E-state index contributed by atoms with van der Waals surface area (Å²) >= 11 is 1.71. The Morgan fingerprint density at radius 3 is 2.32 bits per heavy atom. The van der Waals surface area contributed by atoms with Gasteiger partial charge in [-0.15, -0.1) is 11.8 Å². The maximum atomic E-state index is 12.8. The van der Waals surface area contributed by atoms with Crippen LogP contribution in [0.3, 0.4) is 0 Å². The molecule has 2 fully saturated rings. The van der Waals surface area contributed by atoms with Crippen molar-refractivity contribution in [1.82, 2.24) is 9.80 Å². The van der Waals surface area contributed by atoms with E-state index in [2.05, 4.69) is 58.9 Å². The van der Waals surface area contributed by atoms with Crippen LogP contribution in [-0.2, 0) is 15.0 Å². The Labute approximate surface area is 174 Å². The van der Waals surface area contributed by atoms with E-state index < -0.39 is 0 Å². The molecular formula is C23H34N2O2S. The molecule has 0 spiro atoms. The second kappa shape index (κ2) is 8.10. The molecule has 2 aliphatic rings. The van der Waals surface area contributed by atoms with E-state index in [-0.39, 0.29) is 39.8 Å². The summed E-state index contributed by atoms with van der Waals surface area (Å²) in [5, 5.41) is -0.0134. The molecule has 1 saturated heterocycles. The van der Waals surface area contributed by atoms with Crippen molar-refractivity contribution in [3.05, 3.63) is 35.4 Å². The van der Waals surface area contributed by atoms with Crippen LogP contribution in [0.4, 0.5) is 0 Å². The van der Waals surface area contributed by atoms with Crippen LogP contribution in [0.25, 0.3) is 0 Å². The third-order valence-corrected chi connectivity index (χ3v) is 7.12. The monoisotopic (exact) mass is 402 g/mol. The summed E-state index contributed by atoms with van der Waals surface area (Å²) in [5.41, 5.74) is 2.58. The van der Waals surface area contributed by atoms with Gasteiger partial charge in [-0.05, 0) is 50.2 Å². The molecule has 1 aromatic carbocycles. The van der Waals surface area contributed by atoms with Crippen LogP contribution >= 0.6 is 11.8 Å². The summed E-state index contributed by atoms with van der Waals surface area (Å²) in [6.07, 6.45) is 2.03. The first-order valence-electron chi connectivity index (χ1n) is 10.5. The Balaban J connectivity index is 1.74. The van der Waals surface area contributed by atoms with E-state index in [0.717, 1.165) is 12.8 Å². The van der Waals surface area contributed by atoms with E-state index in [0.29, 0.717) is 13.1 Å².